The molecule has 0 atom stereocenters. The van der Waals surface area contributed by atoms with Gasteiger partial charge in [-0.2, -0.15) is 9.97 Å². The van der Waals surface area contributed by atoms with Crippen molar-refractivity contribution in [2.75, 3.05) is 0 Å². The number of hydrogen-bond donors (Lipinski definition) is 0. The third-order valence-corrected chi connectivity index (χ3v) is 8.83. The Bertz CT molecular complexity index is 2790. The number of para-hydroxylation sites is 1. The van der Waals surface area contributed by atoms with E-state index in [9.17, 15) is 0 Å². The molecule has 0 radical (unpaired) electrons. The van der Waals surface area contributed by atoms with Crippen LogP contribution in [0.15, 0.2) is 182 Å². The van der Waals surface area contributed by atoms with Gasteiger partial charge < -0.3 is 0 Å². The lowest BCUT2D eigenvalue weighted by Crippen LogP contribution is -2.06. The van der Waals surface area contributed by atoms with E-state index in [1.54, 1.807) is 4.57 Å². The Labute approximate surface area is 290 Å². The summed E-state index contributed by atoms with van der Waals surface area (Å²) in [5.74, 6) is 1.14. The van der Waals surface area contributed by atoms with Crippen molar-refractivity contribution in [3.05, 3.63) is 182 Å². The fourth-order valence-corrected chi connectivity index (χ4v) is 6.34. The highest BCUT2D eigenvalue weighted by Gasteiger charge is 2.18. The SMILES string of the molecule is [2H]c1c([2H])c([2H])c2c(c1[2H])c1ccc(-c3ccc(-c4ccccc4)cc3)cc1n2-c1nc(-c2ccccc2)nc(-c2ccc(-c3ccccc3)cc2)n1. The van der Waals surface area contributed by atoms with Crippen LogP contribution in [0.5, 0.6) is 0 Å². The van der Waals surface area contributed by atoms with Gasteiger partial charge in [0.1, 0.15) is 0 Å². The number of fused-ring (bicyclic) bond motifs is 3. The van der Waals surface area contributed by atoms with Gasteiger partial charge in [0, 0.05) is 21.9 Å². The molecule has 0 unspecified atom stereocenters. The first-order valence-corrected chi connectivity index (χ1v) is 16.1. The molecule has 4 heteroatoms. The van der Waals surface area contributed by atoms with E-state index >= 15 is 0 Å². The Balaban J connectivity index is 1.28. The summed E-state index contributed by atoms with van der Waals surface area (Å²) in [5.41, 5.74) is 8.86. The normalized spacial score (nSPS) is 12.4. The van der Waals surface area contributed by atoms with Gasteiger partial charge in [0.25, 0.3) is 0 Å². The number of rotatable bonds is 6. The Morgan fingerprint density at radius 1 is 0.367 bits per heavy atom. The van der Waals surface area contributed by atoms with Crippen LogP contribution < -0.4 is 0 Å². The van der Waals surface area contributed by atoms with Crippen LogP contribution in [0.25, 0.3) is 83.9 Å². The minimum absolute atomic E-state index is 0.112. The number of nitrogens with zero attached hydrogens (tertiary/aromatic N) is 4. The van der Waals surface area contributed by atoms with E-state index in [2.05, 4.69) is 48.5 Å². The van der Waals surface area contributed by atoms with Crippen LogP contribution in [-0.4, -0.2) is 19.5 Å². The van der Waals surface area contributed by atoms with Crippen LogP contribution in [0.1, 0.15) is 5.48 Å². The largest absolute Gasteiger partial charge is 0.278 e. The summed E-state index contributed by atoms with van der Waals surface area (Å²) in [7, 11) is 0. The van der Waals surface area contributed by atoms with Crippen molar-refractivity contribution in [1.29, 1.82) is 0 Å². The summed E-state index contributed by atoms with van der Waals surface area (Å²) in [6.07, 6.45) is 0. The van der Waals surface area contributed by atoms with Crippen LogP contribution in [0.2, 0.25) is 0 Å². The smallest absolute Gasteiger partial charge is 0.238 e. The molecule has 4 nitrogen and oxygen atoms in total. The summed E-state index contributed by atoms with van der Waals surface area (Å²) >= 11 is 0. The number of benzene rings is 7. The van der Waals surface area contributed by atoms with Crippen molar-refractivity contribution in [2.45, 2.75) is 0 Å². The second kappa shape index (κ2) is 12.2. The maximum Gasteiger partial charge on any atom is 0.238 e. The molecule has 0 aliphatic heterocycles. The third-order valence-electron chi connectivity index (χ3n) is 8.83. The van der Waals surface area contributed by atoms with Crippen molar-refractivity contribution < 1.29 is 5.48 Å². The van der Waals surface area contributed by atoms with Crippen LogP contribution in [-0.2, 0) is 0 Å². The van der Waals surface area contributed by atoms with Gasteiger partial charge in [-0.3, -0.25) is 4.57 Å². The molecular formula is C45H30N4. The molecule has 0 fully saturated rings. The molecule has 0 saturated carbocycles. The minimum atomic E-state index is -0.322. The Hall–Kier alpha value is -6.65. The third kappa shape index (κ3) is 5.35. The first-order valence-electron chi connectivity index (χ1n) is 18.1. The zero-order valence-electron chi connectivity index (χ0n) is 30.3. The van der Waals surface area contributed by atoms with E-state index in [0.29, 0.717) is 33.5 Å². The quantitative estimate of drug-likeness (QED) is 0.184. The van der Waals surface area contributed by atoms with Gasteiger partial charge in [-0.1, -0.05) is 170 Å². The molecule has 0 saturated heterocycles. The van der Waals surface area contributed by atoms with Crippen molar-refractivity contribution in [1.82, 2.24) is 19.5 Å². The van der Waals surface area contributed by atoms with Gasteiger partial charge in [0.05, 0.1) is 16.5 Å². The summed E-state index contributed by atoms with van der Waals surface area (Å²) in [6.45, 7) is 0. The lowest BCUT2D eigenvalue weighted by atomic mass is 9.99. The zero-order valence-corrected chi connectivity index (χ0v) is 26.3. The van der Waals surface area contributed by atoms with Gasteiger partial charge in [-0.25, -0.2) is 4.98 Å². The first kappa shape index (κ1) is 24.5. The fourth-order valence-electron chi connectivity index (χ4n) is 6.34. The lowest BCUT2D eigenvalue weighted by molar-refractivity contribution is 0.953. The van der Waals surface area contributed by atoms with Crippen LogP contribution >= 0.6 is 0 Å². The van der Waals surface area contributed by atoms with E-state index in [-0.39, 0.29) is 30.1 Å². The molecule has 9 rings (SSSR count). The average molecular weight is 631 g/mol. The zero-order chi connectivity index (χ0) is 36.1. The molecule has 2 aromatic heterocycles. The fraction of sp³-hybridized carbons (Fsp3) is 0. The van der Waals surface area contributed by atoms with Crippen molar-refractivity contribution in [3.8, 4) is 62.1 Å². The highest BCUT2D eigenvalue weighted by atomic mass is 15.2. The molecule has 0 aliphatic carbocycles. The summed E-state index contributed by atoms with van der Waals surface area (Å²) in [4.78, 5) is 15.0. The van der Waals surface area contributed by atoms with E-state index < -0.39 is 0 Å². The van der Waals surface area contributed by atoms with Gasteiger partial charge in [0.2, 0.25) is 5.95 Å². The number of aromatic nitrogens is 4. The Kier molecular flexibility index (Phi) is 6.09. The van der Waals surface area contributed by atoms with Gasteiger partial charge in [0.15, 0.2) is 11.6 Å². The molecular weight excluding hydrogens is 597 g/mol. The van der Waals surface area contributed by atoms with Crippen LogP contribution in [0.3, 0.4) is 0 Å². The van der Waals surface area contributed by atoms with Gasteiger partial charge >= 0.3 is 0 Å². The monoisotopic (exact) mass is 630 g/mol. The predicted octanol–water partition coefficient (Wildman–Crippen LogP) is 11.3. The molecule has 0 bridgehead atoms. The molecule has 7 aromatic carbocycles. The predicted molar refractivity (Wildman–Crippen MR) is 201 cm³/mol. The van der Waals surface area contributed by atoms with Crippen molar-refractivity contribution in [2.24, 2.45) is 0 Å². The second-order valence-corrected chi connectivity index (χ2v) is 11.8. The molecule has 49 heavy (non-hydrogen) atoms. The molecule has 0 aliphatic rings. The van der Waals surface area contributed by atoms with E-state index in [1.807, 2.05) is 109 Å². The molecule has 0 N–H and O–H groups in total. The van der Waals surface area contributed by atoms with Crippen LogP contribution in [0.4, 0.5) is 0 Å². The average Bonchev–Trinajstić information content (AvgIpc) is 3.58. The summed E-state index contributed by atoms with van der Waals surface area (Å²) in [6, 6.07) is 51.5. The maximum absolute atomic E-state index is 9.13. The van der Waals surface area contributed by atoms with Crippen molar-refractivity contribution >= 4 is 21.8 Å². The highest BCUT2D eigenvalue weighted by Crippen LogP contribution is 2.35. The number of hydrogen-bond acceptors (Lipinski definition) is 3. The summed E-state index contributed by atoms with van der Waals surface area (Å²) < 4.78 is 37.1. The van der Waals surface area contributed by atoms with E-state index in [4.69, 9.17) is 20.4 Å². The maximum atomic E-state index is 9.13. The minimum Gasteiger partial charge on any atom is -0.278 e. The summed E-state index contributed by atoms with van der Waals surface area (Å²) in [5, 5.41) is 1.08. The highest BCUT2D eigenvalue weighted by molar-refractivity contribution is 6.10. The van der Waals surface area contributed by atoms with Crippen molar-refractivity contribution in [3.63, 3.8) is 0 Å². The van der Waals surface area contributed by atoms with E-state index in [0.717, 1.165) is 44.5 Å². The lowest BCUT2D eigenvalue weighted by Gasteiger charge is -2.12. The topological polar surface area (TPSA) is 43.6 Å². The second-order valence-electron chi connectivity index (χ2n) is 11.8. The van der Waals surface area contributed by atoms with Gasteiger partial charge in [-0.05, 0) is 45.5 Å². The Morgan fingerprint density at radius 3 is 1.37 bits per heavy atom. The molecule has 2 heterocycles. The molecule has 9 aromatic rings. The van der Waals surface area contributed by atoms with E-state index in [1.165, 1.54) is 0 Å². The van der Waals surface area contributed by atoms with Gasteiger partial charge in [-0.15, -0.1) is 0 Å². The Morgan fingerprint density at radius 2 is 0.796 bits per heavy atom. The first-order chi connectivity index (χ1) is 25.9. The standard InChI is InChI=1S/C45H30N4/c1-4-12-31(13-5-1)33-20-22-35(23-21-33)38-28-29-40-39-18-10-11-19-41(39)49(42(40)30-38)45-47-43(36-16-8-3-9-17-36)46-44(48-45)37-26-24-34(25-27-37)32-14-6-2-7-15-32/h1-30H/i10D,11D,18D,19D. The molecule has 0 amide bonds. The van der Waals surface area contributed by atoms with Crippen LogP contribution in [0, 0.1) is 0 Å². The molecule has 230 valence electrons. The molecule has 0 spiro atoms.